The van der Waals surface area contributed by atoms with Crippen molar-refractivity contribution in [2.75, 3.05) is 7.11 Å². The average molecular weight is 180 g/mol. The van der Waals surface area contributed by atoms with Gasteiger partial charge < -0.3 is 4.74 Å². The third-order valence-corrected chi connectivity index (χ3v) is 1.60. The summed E-state index contributed by atoms with van der Waals surface area (Å²) >= 11 is 0. The molecule has 0 saturated carbocycles. The molecule has 2 nitrogen and oxygen atoms in total. The molecule has 0 aromatic rings. The highest BCUT2D eigenvalue weighted by Gasteiger charge is 1.90. The Labute approximate surface area is 79.6 Å². The monoisotopic (exact) mass is 180 g/mol. The van der Waals surface area contributed by atoms with Gasteiger partial charge in [0.2, 0.25) is 0 Å². The topological polar surface area (TPSA) is 26.3 Å². The maximum atomic E-state index is 10.1. The minimum Gasteiger partial charge on any atom is -0.502 e. The molecule has 0 N–H and O–H groups in total. The summed E-state index contributed by atoms with van der Waals surface area (Å²) < 4.78 is 4.91. The number of carbonyl (C=O) groups is 1. The van der Waals surface area contributed by atoms with Crippen LogP contribution in [0.1, 0.15) is 19.3 Å². The second-order valence-corrected chi connectivity index (χ2v) is 2.73. The van der Waals surface area contributed by atoms with Gasteiger partial charge in [-0.1, -0.05) is 25.3 Å². The van der Waals surface area contributed by atoms with E-state index in [0.29, 0.717) is 5.57 Å². The number of allylic oxidation sites excluding steroid dienone is 4. The first kappa shape index (κ1) is 11.7. The Kier molecular flexibility index (Phi) is 6.60. The maximum Gasteiger partial charge on any atom is 0.149 e. The van der Waals surface area contributed by atoms with Crippen LogP contribution in [0.2, 0.25) is 0 Å². The molecule has 0 unspecified atom stereocenters. The van der Waals surface area contributed by atoms with Gasteiger partial charge in [-0.05, 0) is 12.8 Å². The summed E-state index contributed by atoms with van der Waals surface area (Å²) in [5.74, 6) is 0.794. The highest BCUT2D eigenvalue weighted by Crippen LogP contribution is 2.06. The van der Waals surface area contributed by atoms with E-state index in [0.717, 1.165) is 31.3 Å². The standard InChI is InChI=1S/C11H16O2/c1-10(9-12)7-5-4-6-8-11(2)13-3/h5,7,9H,1-2,4,6,8H2,3H3/b7-5+. The van der Waals surface area contributed by atoms with Crippen molar-refractivity contribution in [3.63, 3.8) is 0 Å². The van der Waals surface area contributed by atoms with Gasteiger partial charge in [0.1, 0.15) is 6.29 Å². The Morgan fingerprint density at radius 2 is 2.15 bits per heavy atom. The molecule has 0 atom stereocenters. The third kappa shape index (κ3) is 7.06. The molecule has 0 spiro atoms. The van der Waals surface area contributed by atoms with Gasteiger partial charge in [0.15, 0.2) is 0 Å². The van der Waals surface area contributed by atoms with Crippen molar-refractivity contribution in [3.8, 4) is 0 Å². The predicted molar refractivity (Wildman–Crippen MR) is 54.3 cm³/mol. The van der Waals surface area contributed by atoms with Crippen molar-refractivity contribution < 1.29 is 9.53 Å². The van der Waals surface area contributed by atoms with E-state index in [9.17, 15) is 4.79 Å². The predicted octanol–water partition coefficient (Wildman–Crippen LogP) is 2.63. The summed E-state index contributed by atoms with van der Waals surface area (Å²) in [7, 11) is 1.62. The summed E-state index contributed by atoms with van der Waals surface area (Å²) in [6.07, 6.45) is 7.14. The second-order valence-electron chi connectivity index (χ2n) is 2.73. The first-order valence-corrected chi connectivity index (χ1v) is 4.23. The summed E-state index contributed by atoms with van der Waals surface area (Å²) in [6, 6.07) is 0. The van der Waals surface area contributed by atoms with E-state index in [2.05, 4.69) is 13.2 Å². The molecule has 0 aliphatic carbocycles. The first-order chi connectivity index (χ1) is 6.20. The molecule has 0 heterocycles. The quantitative estimate of drug-likeness (QED) is 0.198. The Hall–Kier alpha value is -1.31. The van der Waals surface area contributed by atoms with Crippen molar-refractivity contribution in [3.05, 3.63) is 36.6 Å². The Morgan fingerprint density at radius 1 is 1.46 bits per heavy atom. The number of methoxy groups -OCH3 is 1. The Balaban J connectivity index is 3.45. The summed E-state index contributed by atoms with van der Waals surface area (Å²) in [6.45, 7) is 7.23. The van der Waals surface area contributed by atoms with E-state index in [1.807, 2.05) is 6.08 Å². The second kappa shape index (κ2) is 7.35. The fourth-order valence-electron chi connectivity index (χ4n) is 0.793. The number of aldehydes is 1. The van der Waals surface area contributed by atoms with E-state index in [-0.39, 0.29) is 0 Å². The van der Waals surface area contributed by atoms with Crippen LogP contribution in [-0.2, 0) is 9.53 Å². The van der Waals surface area contributed by atoms with Gasteiger partial charge in [0.25, 0.3) is 0 Å². The van der Waals surface area contributed by atoms with Crippen LogP contribution in [0.3, 0.4) is 0 Å². The van der Waals surface area contributed by atoms with Gasteiger partial charge in [-0.25, -0.2) is 0 Å². The summed E-state index contributed by atoms with van der Waals surface area (Å²) in [5, 5.41) is 0. The van der Waals surface area contributed by atoms with Crippen molar-refractivity contribution in [2.24, 2.45) is 0 Å². The number of hydrogen-bond acceptors (Lipinski definition) is 2. The van der Waals surface area contributed by atoms with Crippen LogP contribution in [0.5, 0.6) is 0 Å². The molecule has 13 heavy (non-hydrogen) atoms. The number of unbranched alkanes of at least 4 members (excludes halogenated alkanes) is 1. The smallest absolute Gasteiger partial charge is 0.149 e. The van der Waals surface area contributed by atoms with Crippen LogP contribution in [0.15, 0.2) is 36.6 Å². The van der Waals surface area contributed by atoms with E-state index in [4.69, 9.17) is 4.74 Å². The van der Waals surface area contributed by atoms with Gasteiger partial charge in [0.05, 0.1) is 12.9 Å². The van der Waals surface area contributed by atoms with E-state index in [1.54, 1.807) is 13.2 Å². The van der Waals surface area contributed by atoms with Crippen molar-refractivity contribution in [1.29, 1.82) is 0 Å². The molecule has 72 valence electrons. The molecule has 0 rings (SSSR count). The number of carbonyl (C=O) groups excluding carboxylic acids is 1. The molecule has 0 fully saturated rings. The SMILES string of the molecule is C=C(C=O)/C=C/CCCC(=C)OC. The number of ether oxygens (including phenoxy) is 1. The molecule has 0 bridgehead atoms. The molecular weight excluding hydrogens is 164 g/mol. The van der Waals surface area contributed by atoms with Crippen LogP contribution in [0.25, 0.3) is 0 Å². The summed E-state index contributed by atoms with van der Waals surface area (Å²) in [4.78, 5) is 10.1. The number of hydrogen-bond donors (Lipinski definition) is 0. The molecule has 0 saturated heterocycles. The minimum absolute atomic E-state index is 0.505. The maximum absolute atomic E-state index is 10.1. The molecule has 0 amide bonds. The Bertz CT molecular complexity index is 214. The molecule has 0 aliphatic heterocycles. The highest BCUT2D eigenvalue weighted by atomic mass is 16.5. The molecule has 0 aromatic heterocycles. The highest BCUT2D eigenvalue weighted by molar-refractivity contribution is 5.76. The minimum atomic E-state index is 0.505. The van der Waals surface area contributed by atoms with E-state index >= 15 is 0 Å². The molecule has 0 aliphatic rings. The normalized spacial score (nSPS) is 9.92. The molecule has 2 heteroatoms. The molecular formula is C11H16O2. The Morgan fingerprint density at radius 3 is 2.69 bits per heavy atom. The first-order valence-electron chi connectivity index (χ1n) is 4.23. The van der Waals surface area contributed by atoms with E-state index in [1.165, 1.54) is 0 Å². The van der Waals surface area contributed by atoms with Crippen molar-refractivity contribution in [2.45, 2.75) is 19.3 Å². The van der Waals surface area contributed by atoms with Crippen LogP contribution >= 0.6 is 0 Å². The fourth-order valence-corrected chi connectivity index (χ4v) is 0.793. The lowest BCUT2D eigenvalue weighted by molar-refractivity contribution is -0.104. The fraction of sp³-hybridized carbons (Fsp3) is 0.364. The molecule has 0 radical (unpaired) electrons. The van der Waals surface area contributed by atoms with Crippen molar-refractivity contribution >= 4 is 6.29 Å². The van der Waals surface area contributed by atoms with Crippen molar-refractivity contribution in [1.82, 2.24) is 0 Å². The van der Waals surface area contributed by atoms with Crippen LogP contribution in [0.4, 0.5) is 0 Å². The summed E-state index contributed by atoms with van der Waals surface area (Å²) in [5.41, 5.74) is 0.505. The average Bonchev–Trinajstić information content (AvgIpc) is 2.16. The van der Waals surface area contributed by atoms with Crippen LogP contribution in [-0.4, -0.2) is 13.4 Å². The zero-order chi connectivity index (χ0) is 10.1. The van der Waals surface area contributed by atoms with Gasteiger partial charge >= 0.3 is 0 Å². The lowest BCUT2D eigenvalue weighted by Gasteiger charge is -2.00. The van der Waals surface area contributed by atoms with Gasteiger partial charge in [-0.2, -0.15) is 0 Å². The number of rotatable bonds is 7. The van der Waals surface area contributed by atoms with Crippen LogP contribution < -0.4 is 0 Å². The zero-order valence-electron chi connectivity index (χ0n) is 8.08. The van der Waals surface area contributed by atoms with Gasteiger partial charge in [-0.3, -0.25) is 4.79 Å². The lowest BCUT2D eigenvalue weighted by atomic mass is 10.2. The zero-order valence-corrected chi connectivity index (χ0v) is 8.08. The van der Waals surface area contributed by atoms with Crippen LogP contribution in [0, 0.1) is 0 Å². The third-order valence-electron chi connectivity index (χ3n) is 1.60. The molecule has 0 aromatic carbocycles. The largest absolute Gasteiger partial charge is 0.502 e. The van der Waals surface area contributed by atoms with Gasteiger partial charge in [0, 0.05) is 12.0 Å². The lowest BCUT2D eigenvalue weighted by Crippen LogP contribution is -1.83. The van der Waals surface area contributed by atoms with E-state index < -0.39 is 0 Å². The van der Waals surface area contributed by atoms with Gasteiger partial charge in [-0.15, -0.1) is 0 Å².